The van der Waals surface area contributed by atoms with Gasteiger partial charge in [0.1, 0.15) is 12.1 Å². The van der Waals surface area contributed by atoms with Gasteiger partial charge in [-0.3, -0.25) is 4.79 Å². The van der Waals surface area contributed by atoms with E-state index in [4.69, 9.17) is 5.73 Å². The fourth-order valence-electron chi connectivity index (χ4n) is 3.08. The lowest BCUT2D eigenvalue weighted by Crippen LogP contribution is -2.49. The SMILES string of the molecule is NCCCC[C@@H](NC=Cc1ccccc1)C(=O)N1CCC[C@@H]1C(=O)O. The average Bonchev–Trinajstić information content (AvgIpc) is 3.11. The topological polar surface area (TPSA) is 95.7 Å². The zero-order valence-corrected chi connectivity index (χ0v) is 14.4. The molecule has 1 aliphatic rings. The average molecular weight is 345 g/mol. The number of carboxylic acid groups (broad SMARTS) is 1. The Bertz CT molecular complexity index is 589. The smallest absolute Gasteiger partial charge is 0.326 e. The molecule has 0 bridgehead atoms. The van der Waals surface area contributed by atoms with Gasteiger partial charge in [-0.15, -0.1) is 0 Å². The summed E-state index contributed by atoms with van der Waals surface area (Å²) in [7, 11) is 0. The molecule has 4 N–H and O–H groups in total. The number of nitrogens with one attached hydrogen (secondary N) is 1. The molecule has 136 valence electrons. The summed E-state index contributed by atoms with van der Waals surface area (Å²) >= 11 is 0. The van der Waals surface area contributed by atoms with Gasteiger partial charge in [0, 0.05) is 6.54 Å². The molecule has 0 radical (unpaired) electrons. The van der Waals surface area contributed by atoms with Gasteiger partial charge in [0.25, 0.3) is 0 Å². The van der Waals surface area contributed by atoms with Crippen LogP contribution in [0.25, 0.3) is 6.08 Å². The highest BCUT2D eigenvalue weighted by molar-refractivity contribution is 5.87. The number of nitrogens with zero attached hydrogens (tertiary/aromatic N) is 1. The molecule has 0 aliphatic carbocycles. The summed E-state index contributed by atoms with van der Waals surface area (Å²) in [6.07, 6.45) is 7.24. The van der Waals surface area contributed by atoms with Crippen LogP contribution in [-0.4, -0.2) is 47.1 Å². The lowest BCUT2D eigenvalue weighted by Gasteiger charge is -2.27. The van der Waals surface area contributed by atoms with Crippen LogP contribution in [0.5, 0.6) is 0 Å². The van der Waals surface area contributed by atoms with E-state index in [0.29, 0.717) is 25.9 Å². The molecule has 1 aromatic rings. The van der Waals surface area contributed by atoms with Crippen LogP contribution in [0.3, 0.4) is 0 Å². The van der Waals surface area contributed by atoms with E-state index in [-0.39, 0.29) is 5.91 Å². The first-order chi connectivity index (χ1) is 12.1. The lowest BCUT2D eigenvalue weighted by atomic mass is 10.1. The van der Waals surface area contributed by atoms with Crippen molar-refractivity contribution in [1.29, 1.82) is 0 Å². The summed E-state index contributed by atoms with van der Waals surface area (Å²) in [6.45, 7) is 1.09. The van der Waals surface area contributed by atoms with Gasteiger partial charge in [-0.25, -0.2) is 4.79 Å². The molecular weight excluding hydrogens is 318 g/mol. The number of hydrogen-bond acceptors (Lipinski definition) is 4. The maximum atomic E-state index is 12.8. The molecule has 1 aromatic carbocycles. The molecule has 6 heteroatoms. The van der Waals surface area contributed by atoms with Gasteiger partial charge in [0.05, 0.1) is 0 Å². The van der Waals surface area contributed by atoms with Gasteiger partial charge >= 0.3 is 5.97 Å². The van der Waals surface area contributed by atoms with Crippen molar-refractivity contribution in [2.75, 3.05) is 13.1 Å². The van der Waals surface area contributed by atoms with Crippen LogP contribution in [0, 0.1) is 0 Å². The normalized spacial score (nSPS) is 18.4. The Morgan fingerprint density at radius 2 is 2.08 bits per heavy atom. The highest BCUT2D eigenvalue weighted by atomic mass is 16.4. The quantitative estimate of drug-likeness (QED) is 0.593. The van der Waals surface area contributed by atoms with Crippen LogP contribution in [0.1, 0.15) is 37.7 Å². The number of carbonyl (C=O) groups excluding carboxylic acids is 1. The van der Waals surface area contributed by atoms with E-state index in [1.54, 1.807) is 6.20 Å². The minimum Gasteiger partial charge on any atom is -0.480 e. The summed E-state index contributed by atoms with van der Waals surface area (Å²) in [4.78, 5) is 25.7. The van der Waals surface area contributed by atoms with Crippen LogP contribution >= 0.6 is 0 Å². The van der Waals surface area contributed by atoms with E-state index < -0.39 is 18.1 Å². The number of carbonyl (C=O) groups is 2. The third-order valence-electron chi connectivity index (χ3n) is 4.44. The van der Waals surface area contributed by atoms with Crippen molar-refractivity contribution in [3.05, 3.63) is 42.1 Å². The molecule has 2 atom stereocenters. The predicted octanol–water partition coefficient (Wildman–Crippen LogP) is 1.82. The number of amides is 1. The van der Waals surface area contributed by atoms with Crippen molar-refractivity contribution in [3.8, 4) is 0 Å². The number of nitrogens with two attached hydrogens (primary N) is 1. The van der Waals surface area contributed by atoms with Crippen LogP contribution in [-0.2, 0) is 9.59 Å². The first-order valence-corrected chi connectivity index (χ1v) is 8.84. The number of aliphatic carboxylic acids is 1. The Kier molecular flexibility index (Phi) is 7.47. The summed E-state index contributed by atoms with van der Waals surface area (Å²) in [6, 6.07) is 8.67. The number of unbranched alkanes of at least 4 members (excludes halogenated alkanes) is 1. The fraction of sp³-hybridized carbons (Fsp3) is 0.474. The highest BCUT2D eigenvalue weighted by Gasteiger charge is 2.36. The van der Waals surface area contributed by atoms with Gasteiger partial charge < -0.3 is 21.1 Å². The van der Waals surface area contributed by atoms with Gasteiger partial charge in [0.15, 0.2) is 0 Å². The molecule has 0 saturated carbocycles. The number of rotatable bonds is 9. The van der Waals surface area contributed by atoms with E-state index in [2.05, 4.69) is 5.32 Å². The zero-order valence-electron chi connectivity index (χ0n) is 14.4. The Labute approximate surface area is 148 Å². The van der Waals surface area contributed by atoms with Gasteiger partial charge in [-0.1, -0.05) is 30.3 Å². The number of carboxylic acids is 1. The molecule has 1 aliphatic heterocycles. The van der Waals surface area contributed by atoms with E-state index in [1.165, 1.54) is 4.90 Å². The van der Waals surface area contributed by atoms with Crippen molar-refractivity contribution >= 4 is 18.0 Å². The van der Waals surface area contributed by atoms with Crippen molar-refractivity contribution in [3.63, 3.8) is 0 Å². The third-order valence-corrected chi connectivity index (χ3v) is 4.44. The Balaban J connectivity index is 2.02. The molecule has 0 unspecified atom stereocenters. The molecule has 2 rings (SSSR count). The molecule has 1 heterocycles. The van der Waals surface area contributed by atoms with Crippen molar-refractivity contribution in [1.82, 2.24) is 10.2 Å². The molecule has 1 fully saturated rings. The molecule has 0 spiro atoms. The number of likely N-dealkylation sites (tertiary alicyclic amines) is 1. The van der Waals surface area contributed by atoms with Crippen molar-refractivity contribution < 1.29 is 14.7 Å². The van der Waals surface area contributed by atoms with Gasteiger partial charge in [0.2, 0.25) is 5.91 Å². The zero-order chi connectivity index (χ0) is 18.1. The van der Waals surface area contributed by atoms with E-state index >= 15 is 0 Å². The van der Waals surface area contributed by atoms with Crippen LogP contribution < -0.4 is 11.1 Å². The van der Waals surface area contributed by atoms with Crippen LogP contribution in [0.4, 0.5) is 0 Å². The van der Waals surface area contributed by atoms with E-state index in [9.17, 15) is 14.7 Å². The molecule has 25 heavy (non-hydrogen) atoms. The summed E-state index contributed by atoms with van der Waals surface area (Å²) in [5.41, 5.74) is 6.58. The summed E-state index contributed by atoms with van der Waals surface area (Å²) < 4.78 is 0. The minimum atomic E-state index is -0.925. The Morgan fingerprint density at radius 3 is 2.76 bits per heavy atom. The standard InChI is InChI=1S/C19H27N3O3/c20-12-5-4-9-16(21-13-11-15-7-2-1-3-8-15)18(23)22-14-6-10-17(22)19(24)25/h1-3,7-8,11,13,16-17,21H,4-6,9-10,12,14,20H2,(H,24,25)/t16-,17-/m1/s1. The van der Waals surface area contributed by atoms with E-state index in [0.717, 1.165) is 24.8 Å². The maximum absolute atomic E-state index is 12.8. The van der Waals surface area contributed by atoms with Gasteiger partial charge in [-0.05, 0) is 56.5 Å². The summed E-state index contributed by atoms with van der Waals surface area (Å²) in [5.74, 6) is -1.06. The highest BCUT2D eigenvalue weighted by Crippen LogP contribution is 2.19. The van der Waals surface area contributed by atoms with Crippen LogP contribution in [0.15, 0.2) is 36.5 Å². The van der Waals surface area contributed by atoms with Gasteiger partial charge in [-0.2, -0.15) is 0 Å². The molecule has 0 aromatic heterocycles. The second-order valence-electron chi connectivity index (χ2n) is 6.28. The number of benzene rings is 1. The molecule has 1 amide bonds. The Morgan fingerprint density at radius 1 is 1.32 bits per heavy atom. The molecule has 1 saturated heterocycles. The van der Waals surface area contributed by atoms with Crippen molar-refractivity contribution in [2.45, 2.75) is 44.2 Å². The molecular formula is C19H27N3O3. The first kappa shape index (κ1) is 19.0. The summed E-state index contributed by atoms with van der Waals surface area (Å²) in [5, 5.41) is 12.5. The fourth-order valence-corrected chi connectivity index (χ4v) is 3.08. The number of hydrogen-bond donors (Lipinski definition) is 3. The largest absolute Gasteiger partial charge is 0.480 e. The minimum absolute atomic E-state index is 0.139. The Hall–Kier alpha value is -2.34. The lowest BCUT2D eigenvalue weighted by molar-refractivity contribution is -0.149. The second-order valence-corrected chi connectivity index (χ2v) is 6.28. The maximum Gasteiger partial charge on any atom is 0.326 e. The third kappa shape index (κ3) is 5.60. The predicted molar refractivity (Wildman–Crippen MR) is 97.7 cm³/mol. The van der Waals surface area contributed by atoms with Crippen molar-refractivity contribution in [2.24, 2.45) is 5.73 Å². The first-order valence-electron chi connectivity index (χ1n) is 8.84. The molecule has 6 nitrogen and oxygen atoms in total. The second kappa shape index (κ2) is 9.84. The van der Waals surface area contributed by atoms with E-state index in [1.807, 2.05) is 36.4 Å². The van der Waals surface area contributed by atoms with Crippen LogP contribution in [0.2, 0.25) is 0 Å². The monoisotopic (exact) mass is 345 g/mol.